The molecule has 0 aliphatic rings. The molecular weight excluding hydrogens is 144 g/mol. The fourth-order valence-electron chi connectivity index (χ4n) is 1.37. The predicted molar refractivity (Wildman–Crippen MR) is 57.3 cm³/mol. The van der Waals surface area contributed by atoms with Crippen LogP contribution in [0.25, 0.3) is 0 Å². The Morgan fingerprint density at radius 1 is 1.17 bits per heavy atom. The van der Waals surface area contributed by atoms with Crippen LogP contribution in [0, 0.1) is 5.92 Å². The Balaban J connectivity index is 3.38. The topological polar surface area (TPSA) is 0 Å². The summed E-state index contributed by atoms with van der Waals surface area (Å²) in [5, 5.41) is 0. The van der Waals surface area contributed by atoms with Crippen molar-refractivity contribution in [3.05, 3.63) is 25.3 Å². The lowest BCUT2D eigenvalue weighted by atomic mass is 9.96. The third-order valence-electron chi connectivity index (χ3n) is 2.25. The lowest BCUT2D eigenvalue weighted by molar-refractivity contribution is 0.512. The molecule has 0 heteroatoms. The second-order valence-electron chi connectivity index (χ2n) is 3.36. The lowest BCUT2D eigenvalue weighted by Crippen LogP contribution is -1.95. The van der Waals surface area contributed by atoms with E-state index in [-0.39, 0.29) is 0 Å². The van der Waals surface area contributed by atoms with Crippen LogP contribution in [0.1, 0.15) is 45.4 Å². The summed E-state index contributed by atoms with van der Waals surface area (Å²) in [6, 6.07) is 0. The van der Waals surface area contributed by atoms with Crippen molar-refractivity contribution in [1.29, 1.82) is 0 Å². The molecule has 0 aliphatic carbocycles. The van der Waals surface area contributed by atoms with Gasteiger partial charge in [0.15, 0.2) is 0 Å². The van der Waals surface area contributed by atoms with Gasteiger partial charge < -0.3 is 0 Å². The minimum Gasteiger partial charge on any atom is -0.103 e. The largest absolute Gasteiger partial charge is 0.103 e. The summed E-state index contributed by atoms with van der Waals surface area (Å²) >= 11 is 0. The molecule has 0 aromatic carbocycles. The number of unbranched alkanes of at least 4 members (excludes halogenated alkanes) is 2. The number of hydrogen-bond donors (Lipinski definition) is 0. The molecule has 70 valence electrons. The first-order valence-corrected chi connectivity index (χ1v) is 5.08. The van der Waals surface area contributed by atoms with E-state index in [1.54, 1.807) is 0 Å². The smallest absolute Gasteiger partial charge is 0.0233 e. The van der Waals surface area contributed by atoms with Crippen LogP contribution in [0.15, 0.2) is 25.3 Å². The van der Waals surface area contributed by atoms with E-state index in [1.807, 2.05) is 6.08 Å². The van der Waals surface area contributed by atoms with E-state index >= 15 is 0 Å². The van der Waals surface area contributed by atoms with Crippen molar-refractivity contribution in [2.45, 2.75) is 45.4 Å². The number of hydrogen-bond acceptors (Lipinski definition) is 0. The van der Waals surface area contributed by atoms with E-state index < -0.39 is 0 Å². The Hall–Kier alpha value is -0.520. The van der Waals surface area contributed by atoms with E-state index in [0.717, 1.165) is 12.3 Å². The number of allylic oxidation sites excluding steroid dienone is 2. The van der Waals surface area contributed by atoms with E-state index in [2.05, 4.69) is 26.2 Å². The highest BCUT2D eigenvalue weighted by molar-refractivity contribution is 4.81. The van der Waals surface area contributed by atoms with Gasteiger partial charge in [-0.1, -0.05) is 38.3 Å². The van der Waals surface area contributed by atoms with Gasteiger partial charge in [0.05, 0.1) is 0 Å². The Morgan fingerprint density at radius 3 is 2.42 bits per heavy atom. The average Bonchev–Trinajstić information content (AvgIpc) is 2.11. The highest BCUT2D eigenvalue weighted by Crippen LogP contribution is 2.16. The summed E-state index contributed by atoms with van der Waals surface area (Å²) in [6.07, 6.45) is 11.8. The van der Waals surface area contributed by atoms with Crippen LogP contribution in [0.5, 0.6) is 0 Å². The van der Waals surface area contributed by atoms with Crippen LogP contribution in [0.3, 0.4) is 0 Å². The van der Waals surface area contributed by atoms with Gasteiger partial charge in [0.25, 0.3) is 0 Å². The van der Waals surface area contributed by atoms with Gasteiger partial charge in [0, 0.05) is 0 Å². The molecular formula is C12H22. The van der Waals surface area contributed by atoms with Crippen LogP contribution in [0.4, 0.5) is 0 Å². The van der Waals surface area contributed by atoms with Crippen molar-refractivity contribution >= 4 is 0 Å². The quantitative estimate of drug-likeness (QED) is 0.372. The van der Waals surface area contributed by atoms with Crippen LogP contribution in [0.2, 0.25) is 0 Å². The van der Waals surface area contributed by atoms with Crippen LogP contribution in [-0.4, -0.2) is 0 Å². The molecule has 0 bridgehead atoms. The maximum atomic E-state index is 3.86. The lowest BCUT2D eigenvalue weighted by Gasteiger charge is -2.09. The van der Waals surface area contributed by atoms with Crippen molar-refractivity contribution in [1.82, 2.24) is 0 Å². The van der Waals surface area contributed by atoms with Gasteiger partial charge in [-0.15, -0.1) is 13.2 Å². The molecule has 0 nitrogen and oxygen atoms in total. The zero-order valence-electron chi connectivity index (χ0n) is 8.39. The molecule has 1 atom stereocenters. The Kier molecular flexibility index (Phi) is 8.20. The zero-order chi connectivity index (χ0) is 9.23. The average molecular weight is 166 g/mol. The summed E-state index contributed by atoms with van der Waals surface area (Å²) < 4.78 is 0. The fraction of sp³-hybridized carbons (Fsp3) is 0.667. The molecule has 0 N–H and O–H groups in total. The van der Waals surface area contributed by atoms with Gasteiger partial charge >= 0.3 is 0 Å². The monoisotopic (exact) mass is 166 g/mol. The Morgan fingerprint density at radius 2 is 1.92 bits per heavy atom. The molecule has 0 aliphatic heterocycles. The van der Waals surface area contributed by atoms with Gasteiger partial charge in [0.2, 0.25) is 0 Å². The first kappa shape index (κ1) is 11.5. The van der Waals surface area contributed by atoms with Crippen molar-refractivity contribution in [3.63, 3.8) is 0 Å². The van der Waals surface area contributed by atoms with Gasteiger partial charge in [-0.25, -0.2) is 0 Å². The fourth-order valence-corrected chi connectivity index (χ4v) is 1.37. The molecule has 0 radical (unpaired) electrons. The van der Waals surface area contributed by atoms with Crippen LogP contribution < -0.4 is 0 Å². The van der Waals surface area contributed by atoms with Crippen molar-refractivity contribution in [3.8, 4) is 0 Å². The van der Waals surface area contributed by atoms with Crippen molar-refractivity contribution in [2.75, 3.05) is 0 Å². The molecule has 0 spiro atoms. The molecule has 0 saturated heterocycles. The summed E-state index contributed by atoms with van der Waals surface area (Å²) in [7, 11) is 0. The standard InChI is InChI=1S/C12H22/c1-4-7-9-11-12(6-3)10-8-5-2/h5-6,12H,2-4,7-11H2,1H3. The molecule has 12 heavy (non-hydrogen) atoms. The molecule has 0 amide bonds. The van der Waals surface area contributed by atoms with Crippen LogP contribution >= 0.6 is 0 Å². The summed E-state index contributed by atoms with van der Waals surface area (Å²) in [5.41, 5.74) is 0. The molecule has 0 rings (SSSR count). The molecule has 0 saturated carbocycles. The third-order valence-corrected chi connectivity index (χ3v) is 2.25. The van der Waals surface area contributed by atoms with Crippen molar-refractivity contribution in [2.24, 2.45) is 5.92 Å². The second kappa shape index (κ2) is 8.58. The summed E-state index contributed by atoms with van der Waals surface area (Å²) in [4.78, 5) is 0. The molecule has 0 aromatic heterocycles. The Bertz CT molecular complexity index is 113. The minimum atomic E-state index is 0.717. The second-order valence-corrected chi connectivity index (χ2v) is 3.36. The van der Waals surface area contributed by atoms with E-state index in [0.29, 0.717) is 0 Å². The van der Waals surface area contributed by atoms with Gasteiger partial charge in [-0.05, 0) is 25.2 Å². The molecule has 0 aromatic rings. The Labute approximate surface area is 77.4 Å². The zero-order valence-corrected chi connectivity index (χ0v) is 8.39. The van der Waals surface area contributed by atoms with E-state index in [9.17, 15) is 0 Å². The third kappa shape index (κ3) is 6.21. The normalized spacial score (nSPS) is 12.4. The maximum absolute atomic E-state index is 3.86. The maximum Gasteiger partial charge on any atom is -0.0233 e. The highest BCUT2D eigenvalue weighted by Gasteiger charge is 2.01. The van der Waals surface area contributed by atoms with Crippen molar-refractivity contribution < 1.29 is 0 Å². The van der Waals surface area contributed by atoms with E-state index in [4.69, 9.17) is 0 Å². The minimum absolute atomic E-state index is 0.717. The number of rotatable bonds is 8. The van der Waals surface area contributed by atoms with Gasteiger partial charge in [0.1, 0.15) is 0 Å². The summed E-state index contributed by atoms with van der Waals surface area (Å²) in [5.74, 6) is 0.717. The molecule has 0 heterocycles. The first-order chi connectivity index (χ1) is 5.85. The molecule has 0 fully saturated rings. The summed E-state index contributed by atoms with van der Waals surface area (Å²) in [6.45, 7) is 9.83. The van der Waals surface area contributed by atoms with Crippen LogP contribution in [-0.2, 0) is 0 Å². The molecule has 1 unspecified atom stereocenters. The predicted octanol–water partition coefficient (Wildman–Crippen LogP) is 4.34. The van der Waals surface area contributed by atoms with Gasteiger partial charge in [-0.2, -0.15) is 0 Å². The first-order valence-electron chi connectivity index (χ1n) is 5.08. The SMILES string of the molecule is C=CCCC(C=C)CCCCC. The highest BCUT2D eigenvalue weighted by atomic mass is 14.1. The van der Waals surface area contributed by atoms with Gasteiger partial charge in [-0.3, -0.25) is 0 Å². The van der Waals surface area contributed by atoms with E-state index in [1.165, 1.54) is 32.1 Å².